The maximum Gasteiger partial charge on any atom is 0.258 e. The molecule has 0 spiro atoms. The Balaban J connectivity index is 2.15. The molecule has 0 aliphatic carbocycles. The molecule has 0 atom stereocenters. The van der Waals surface area contributed by atoms with Gasteiger partial charge in [0.1, 0.15) is 5.82 Å². The number of para-hydroxylation sites is 1. The average molecular weight is 273 g/mol. The van der Waals surface area contributed by atoms with Gasteiger partial charge >= 0.3 is 0 Å². The minimum absolute atomic E-state index is 0.0887. The molecule has 1 N–H and O–H groups in total. The first-order chi connectivity index (χ1) is 9.65. The molecular weight excluding hydrogens is 254 g/mol. The minimum Gasteiger partial charge on any atom is -0.343 e. The van der Waals surface area contributed by atoms with Gasteiger partial charge in [0.2, 0.25) is 5.91 Å². The molecule has 0 fully saturated rings. The standard InChI is InChI=1S/C15H19N3O2/c1-3-18(4-2)14(19)10-9-13-16-12-8-6-5-7-11(12)15(20)17-13/h5-8H,3-4,9-10H2,1-2H3,(H,16,17,20). The topological polar surface area (TPSA) is 66.1 Å². The number of amides is 1. The van der Waals surface area contributed by atoms with E-state index < -0.39 is 0 Å². The lowest BCUT2D eigenvalue weighted by molar-refractivity contribution is -0.130. The summed E-state index contributed by atoms with van der Waals surface area (Å²) in [6, 6.07) is 7.20. The Morgan fingerprint density at radius 1 is 1.25 bits per heavy atom. The lowest BCUT2D eigenvalue weighted by atomic mass is 10.2. The van der Waals surface area contributed by atoms with Crippen molar-refractivity contribution in [3.8, 4) is 0 Å². The molecule has 1 aromatic heterocycles. The number of H-pyrrole nitrogens is 1. The molecule has 5 heteroatoms. The van der Waals surface area contributed by atoms with Crippen LogP contribution in [0.3, 0.4) is 0 Å². The van der Waals surface area contributed by atoms with E-state index in [-0.39, 0.29) is 11.5 Å². The first kappa shape index (κ1) is 14.2. The van der Waals surface area contributed by atoms with Crippen molar-refractivity contribution < 1.29 is 4.79 Å². The van der Waals surface area contributed by atoms with Crippen molar-refractivity contribution >= 4 is 16.8 Å². The molecule has 5 nitrogen and oxygen atoms in total. The summed E-state index contributed by atoms with van der Waals surface area (Å²) in [5.41, 5.74) is 0.516. The molecule has 1 aromatic carbocycles. The SMILES string of the molecule is CCN(CC)C(=O)CCc1nc2ccccc2c(=O)[nH]1. The smallest absolute Gasteiger partial charge is 0.258 e. The van der Waals surface area contributed by atoms with Gasteiger partial charge in [-0.25, -0.2) is 4.98 Å². The second-order valence-electron chi connectivity index (χ2n) is 4.60. The van der Waals surface area contributed by atoms with Gasteiger partial charge in [-0.15, -0.1) is 0 Å². The number of carbonyl (C=O) groups excluding carboxylic acids is 1. The summed E-state index contributed by atoms with van der Waals surface area (Å²) in [6.07, 6.45) is 0.818. The number of hydrogen-bond acceptors (Lipinski definition) is 3. The van der Waals surface area contributed by atoms with Crippen molar-refractivity contribution in [1.29, 1.82) is 0 Å². The van der Waals surface area contributed by atoms with Crippen LogP contribution < -0.4 is 5.56 Å². The Labute approximate surface area is 117 Å². The minimum atomic E-state index is -0.152. The molecule has 0 aliphatic heterocycles. The molecular formula is C15H19N3O2. The van der Waals surface area contributed by atoms with Gasteiger partial charge < -0.3 is 9.88 Å². The zero-order valence-electron chi connectivity index (χ0n) is 11.8. The van der Waals surface area contributed by atoms with Crippen LogP contribution in [0.15, 0.2) is 29.1 Å². The Kier molecular flexibility index (Phi) is 4.50. The molecule has 2 aromatic rings. The Hall–Kier alpha value is -2.17. The average Bonchev–Trinajstić information content (AvgIpc) is 2.46. The van der Waals surface area contributed by atoms with Crippen LogP contribution in [0.25, 0.3) is 10.9 Å². The first-order valence-electron chi connectivity index (χ1n) is 6.91. The monoisotopic (exact) mass is 273 g/mol. The summed E-state index contributed by atoms with van der Waals surface area (Å²) in [4.78, 5) is 32.7. The van der Waals surface area contributed by atoms with Crippen LogP contribution in [0, 0.1) is 0 Å². The zero-order chi connectivity index (χ0) is 14.5. The quantitative estimate of drug-likeness (QED) is 0.902. The van der Waals surface area contributed by atoms with Crippen molar-refractivity contribution in [2.45, 2.75) is 26.7 Å². The number of rotatable bonds is 5. The van der Waals surface area contributed by atoms with Crippen molar-refractivity contribution in [2.24, 2.45) is 0 Å². The summed E-state index contributed by atoms with van der Waals surface area (Å²) < 4.78 is 0. The number of aryl methyl sites for hydroxylation is 1. The Morgan fingerprint density at radius 3 is 2.65 bits per heavy atom. The Morgan fingerprint density at radius 2 is 1.95 bits per heavy atom. The van der Waals surface area contributed by atoms with E-state index in [1.165, 1.54) is 0 Å². The van der Waals surface area contributed by atoms with E-state index in [0.717, 1.165) is 0 Å². The van der Waals surface area contributed by atoms with Crippen molar-refractivity contribution in [3.63, 3.8) is 0 Å². The number of hydrogen-bond donors (Lipinski definition) is 1. The number of aromatic amines is 1. The molecule has 0 aliphatic rings. The lowest BCUT2D eigenvalue weighted by Gasteiger charge is -2.18. The molecule has 0 radical (unpaired) electrons. The summed E-state index contributed by atoms with van der Waals surface area (Å²) in [6.45, 7) is 5.32. The number of nitrogens with one attached hydrogen (secondary N) is 1. The third-order valence-corrected chi connectivity index (χ3v) is 3.35. The van der Waals surface area contributed by atoms with Gasteiger partial charge in [0.25, 0.3) is 5.56 Å². The van der Waals surface area contributed by atoms with Crippen LogP contribution in [0.4, 0.5) is 0 Å². The largest absolute Gasteiger partial charge is 0.343 e. The molecule has 1 amide bonds. The van der Waals surface area contributed by atoms with Crippen LogP contribution in [-0.2, 0) is 11.2 Å². The van der Waals surface area contributed by atoms with Crippen molar-refractivity contribution in [1.82, 2.24) is 14.9 Å². The first-order valence-corrected chi connectivity index (χ1v) is 6.91. The highest BCUT2D eigenvalue weighted by molar-refractivity contribution is 5.78. The number of aromatic nitrogens is 2. The van der Waals surface area contributed by atoms with Gasteiger partial charge in [-0.3, -0.25) is 9.59 Å². The molecule has 2 rings (SSSR count). The van der Waals surface area contributed by atoms with E-state index >= 15 is 0 Å². The summed E-state index contributed by atoms with van der Waals surface area (Å²) >= 11 is 0. The molecule has 0 saturated carbocycles. The second kappa shape index (κ2) is 6.32. The molecule has 0 saturated heterocycles. The summed E-state index contributed by atoms with van der Waals surface area (Å²) in [5.74, 6) is 0.653. The van der Waals surface area contributed by atoms with E-state index in [2.05, 4.69) is 9.97 Å². The molecule has 1 heterocycles. The fraction of sp³-hybridized carbons (Fsp3) is 0.400. The van der Waals surface area contributed by atoms with Crippen LogP contribution >= 0.6 is 0 Å². The maximum absolute atomic E-state index is 11.9. The molecule has 0 unspecified atom stereocenters. The third-order valence-electron chi connectivity index (χ3n) is 3.35. The van der Waals surface area contributed by atoms with E-state index in [9.17, 15) is 9.59 Å². The number of nitrogens with zero attached hydrogens (tertiary/aromatic N) is 2. The Bertz CT molecular complexity index is 659. The van der Waals surface area contributed by atoms with Gasteiger partial charge in [-0.2, -0.15) is 0 Å². The van der Waals surface area contributed by atoms with Crippen LogP contribution in [0.2, 0.25) is 0 Å². The van der Waals surface area contributed by atoms with Crippen molar-refractivity contribution in [2.75, 3.05) is 13.1 Å². The fourth-order valence-corrected chi connectivity index (χ4v) is 2.21. The summed E-state index contributed by atoms with van der Waals surface area (Å²) in [7, 11) is 0. The van der Waals surface area contributed by atoms with E-state index in [1.807, 2.05) is 26.0 Å². The third kappa shape index (κ3) is 3.04. The summed E-state index contributed by atoms with van der Waals surface area (Å²) in [5, 5.41) is 0.575. The van der Waals surface area contributed by atoms with Gasteiger partial charge in [0.15, 0.2) is 0 Å². The highest BCUT2D eigenvalue weighted by Crippen LogP contribution is 2.07. The van der Waals surface area contributed by atoms with Crippen molar-refractivity contribution in [3.05, 3.63) is 40.4 Å². The van der Waals surface area contributed by atoms with Gasteiger partial charge in [0.05, 0.1) is 10.9 Å². The number of carbonyl (C=O) groups is 1. The number of fused-ring (bicyclic) bond motifs is 1. The second-order valence-corrected chi connectivity index (χ2v) is 4.60. The van der Waals surface area contributed by atoms with E-state index in [4.69, 9.17) is 0 Å². The predicted octanol–water partition coefficient (Wildman–Crippen LogP) is 1.72. The van der Waals surface area contributed by atoms with Gasteiger partial charge in [0, 0.05) is 25.9 Å². The van der Waals surface area contributed by atoms with Crippen LogP contribution in [0.5, 0.6) is 0 Å². The number of benzene rings is 1. The fourth-order valence-electron chi connectivity index (χ4n) is 2.21. The maximum atomic E-state index is 11.9. The molecule has 0 bridgehead atoms. The normalized spacial score (nSPS) is 10.7. The van der Waals surface area contributed by atoms with Crippen LogP contribution in [-0.4, -0.2) is 33.9 Å². The van der Waals surface area contributed by atoms with E-state index in [1.54, 1.807) is 17.0 Å². The molecule has 20 heavy (non-hydrogen) atoms. The van der Waals surface area contributed by atoms with Gasteiger partial charge in [-0.05, 0) is 26.0 Å². The predicted molar refractivity (Wildman–Crippen MR) is 78.6 cm³/mol. The lowest BCUT2D eigenvalue weighted by Crippen LogP contribution is -2.30. The van der Waals surface area contributed by atoms with Gasteiger partial charge in [-0.1, -0.05) is 12.1 Å². The van der Waals surface area contributed by atoms with E-state index in [0.29, 0.717) is 42.7 Å². The van der Waals surface area contributed by atoms with Crippen LogP contribution in [0.1, 0.15) is 26.1 Å². The highest BCUT2D eigenvalue weighted by atomic mass is 16.2. The highest BCUT2D eigenvalue weighted by Gasteiger charge is 2.11. The zero-order valence-corrected chi connectivity index (χ0v) is 11.8. The molecule has 106 valence electrons.